The van der Waals surface area contributed by atoms with E-state index in [-0.39, 0.29) is 24.2 Å². The average molecular weight is 395 g/mol. The molecule has 3 rings (SSSR count). The van der Waals surface area contributed by atoms with Crippen LogP contribution in [0.3, 0.4) is 0 Å². The number of anilines is 1. The van der Waals surface area contributed by atoms with Crippen molar-refractivity contribution in [3.63, 3.8) is 0 Å². The van der Waals surface area contributed by atoms with Crippen LogP contribution in [-0.2, 0) is 16.0 Å². The first-order chi connectivity index (χ1) is 13.5. The number of carbonyl (C=O) groups excluding carboxylic acids is 2. The fraction of sp³-hybridized carbons (Fsp3) is 0.238. The number of thiazole rings is 1. The smallest absolute Gasteiger partial charge is 0.248 e. The molecule has 0 radical (unpaired) electrons. The van der Waals surface area contributed by atoms with Crippen LogP contribution in [-0.4, -0.2) is 27.8 Å². The maximum Gasteiger partial charge on any atom is 0.248 e. The molecule has 0 aliphatic carbocycles. The van der Waals surface area contributed by atoms with Gasteiger partial charge < -0.3 is 10.6 Å². The van der Waals surface area contributed by atoms with Gasteiger partial charge in [-0.15, -0.1) is 11.3 Å². The Hall–Kier alpha value is -3.06. The Morgan fingerprint density at radius 2 is 1.79 bits per heavy atom. The third-order valence-corrected chi connectivity index (χ3v) is 4.89. The number of amides is 2. The van der Waals surface area contributed by atoms with Crippen LogP contribution < -0.4 is 10.6 Å². The number of nitrogens with zero attached hydrogens (tertiary/aromatic N) is 2. The first-order valence-corrected chi connectivity index (χ1v) is 9.92. The van der Waals surface area contributed by atoms with Gasteiger partial charge in [-0.1, -0.05) is 50.2 Å². The predicted octanol–water partition coefficient (Wildman–Crippen LogP) is 3.53. The van der Waals surface area contributed by atoms with E-state index in [2.05, 4.69) is 20.6 Å². The number of rotatable bonds is 7. The van der Waals surface area contributed by atoms with E-state index < -0.39 is 6.04 Å². The Morgan fingerprint density at radius 3 is 2.46 bits per heavy atom. The number of carbonyl (C=O) groups is 2. The number of hydrogen-bond acceptors (Lipinski definition) is 5. The highest BCUT2D eigenvalue weighted by Crippen LogP contribution is 2.23. The van der Waals surface area contributed by atoms with Crippen molar-refractivity contribution in [1.29, 1.82) is 0 Å². The molecule has 0 saturated heterocycles. The first-order valence-electron chi connectivity index (χ1n) is 9.04. The molecule has 0 bridgehead atoms. The molecule has 6 nitrogen and oxygen atoms in total. The van der Waals surface area contributed by atoms with Gasteiger partial charge in [0, 0.05) is 11.6 Å². The molecular formula is C21H22N4O2S. The summed E-state index contributed by atoms with van der Waals surface area (Å²) in [5.41, 5.74) is 2.36. The molecule has 28 heavy (non-hydrogen) atoms. The van der Waals surface area contributed by atoms with Crippen molar-refractivity contribution in [2.24, 2.45) is 5.92 Å². The molecule has 2 N–H and O–H groups in total. The highest BCUT2D eigenvalue weighted by Gasteiger charge is 2.25. The van der Waals surface area contributed by atoms with Crippen LogP contribution in [0.1, 0.15) is 19.4 Å². The van der Waals surface area contributed by atoms with E-state index >= 15 is 0 Å². The van der Waals surface area contributed by atoms with E-state index in [1.54, 1.807) is 6.20 Å². The summed E-state index contributed by atoms with van der Waals surface area (Å²) in [6.07, 6.45) is 1.93. The van der Waals surface area contributed by atoms with Gasteiger partial charge in [0.05, 0.1) is 12.1 Å². The largest absolute Gasteiger partial charge is 0.344 e. The first kappa shape index (κ1) is 19.7. The molecule has 0 unspecified atom stereocenters. The maximum absolute atomic E-state index is 12.7. The van der Waals surface area contributed by atoms with Gasteiger partial charge >= 0.3 is 0 Å². The normalized spacial score (nSPS) is 11.8. The van der Waals surface area contributed by atoms with Crippen LogP contribution in [0.2, 0.25) is 0 Å². The third kappa shape index (κ3) is 5.23. The van der Waals surface area contributed by atoms with Gasteiger partial charge in [0.1, 0.15) is 11.7 Å². The minimum Gasteiger partial charge on any atom is -0.344 e. The van der Waals surface area contributed by atoms with Crippen molar-refractivity contribution in [2.75, 3.05) is 5.32 Å². The van der Waals surface area contributed by atoms with Crippen LogP contribution in [0.25, 0.3) is 11.4 Å². The molecule has 0 fully saturated rings. The standard InChI is InChI=1S/C21H22N4O2S/c1-14(2)19(24-18(26)12-15-8-4-3-5-9-15)20(27)25-21-23-17(13-28-21)16-10-6-7-11-22-16/h3-11,13-14,19H,12H2,1-2H3,(H,24,26)(H,23,25,27)/t19-/m0/s1. The molecule has 2 heterocycles. The summed E-state index contributed by atoms with van der Waals surface area (Å²) in [6, 6.07) is 14.4. The molecule has 144 valence electrons. The van der Waals surface area contributed by atoms with Crippen LogP contribution in [0.4, 0.5) is 5.13 Å². The Bertz CT molecular complexity index is 926. The summed E-state index contributed by atoms with van der Waals surface area (Å²) >= 11 is 1.33. The number of benzene rings is 1. The fourth-order valence-corrected chi connectivity index (χ4v) is 3.39. The van der Waals surface area contributed by atoms with Crippen molar-refractivity contribution >= 4 is 28.3 Å². The molecule has 1 aromatic carbocycles. The molecular weight excluding hydrogens is 372 g/mol. The van der Waals surface area contributed by atoms with Crippen LogP contribution >= 0.6 is 11.3 Å². The van der Waals surface area contributed by atoms with Gasteiger partial charge in [-0.05, 0) is 23.6 Å². The van der Waals surface area contributed by atoms with Crippen LogP contribution in [0.5, 0.6) is 0 Å². The lowest BCUT2D eigenvalue weighted by Gasteiger charge is -2.21. The van der Waals surface area contributed by atoms with E-state index in [1.165, 1.54) is 11.3 Å². The summed E-state index contributed by atoms with van der Waals surface area (Å²) in [7, 11) is 0. The van der Waals surface area contributed by atoms with Crippen molar-refractivity contribution in [3.05, 3.63) is 65.7 Å². The lowest BCUT2D eigenvalue weighted by Crippen LogP contribution is -2.47. The quantitative estimate of drug-likeness (QED) is 0.642. The predicted molar refractivity (Wildman–Crippen MR) is 111 cm³/mol. The molecule has 0 saturated carbocycles. The van der Waals surface area contributed by atoms with Gasteiger partial charge in [0.25, 0.3) is 0 Å². The lowest BCUT2D eigenvalue weighted by atomic mass is 10.0. The van der Waals surface area contributed by atoms with E-state index in [1.807, 2.05) is 67.8 Å². The maximum atomic E-state index is 12.7. The second-order valence-corrected chi connectivity index (χ2v) is 7.55. The van der Waals surface area contributed by atoms with Crippen LogP contribution in [0.15, 0.2) is 60.1 Å². The molecule has 0 spiro atoms. The molecule has 1 atom stereocenters. The second-order valence-electron chi connectivity index (χ2n) is 6.69. The van der Waals surface area contributed by atoms with E-state index in [0.29, 0.717) is 10.8 Å². The average Bonchev–Trinajstić information content (AvgIpc) is 3.16. The van der Waals surface area contributed by atoms with E-state index in [0.717, 1.165) is 11.3 Å². The second kappa shape index (κ2) is 9.23. The molecule has 0 aliphatic rings. The summed E-state index contributed by atoms with van der Waals surface area (Å²) in [4.78, 5) is 33.8. The van der Waals surface area contributed by atoms with Gasteiger partial charge in [-0.25, -0.2) is 4.98 Å². The third-order valence-electron chi connectivity index (χ3n) is 4.13. The SMILES string of the molecule is CC(C)[C@H](NC(=O)Cc1ccccc1)C(=O)Nc1nc(-c2ccccn2)cs1. The van der Waals surface area contributed by atoms with Crippen molar-refractivity contribution in [3.8, 4) is 11.4 Å². The minimum atomic E-state index is -0.640. The number of pyridine rings is 1. The Balaban J connectivity index is 1.63. The highest BCUT2D eigenvalue weighted by atomic mass is 32.1. The Morgan fingerprint density at radius 1 is 1.04 bits per heavy atom. The summed E-state index contributed by atoms with van der Waals surface area (Å²) in [5, 5.41) is 7.97. The van der Waals surface area contributed by atoms with E-state index in [4.69, 9.17) is 0 Å². The van der Waals surface area contributed by atoms with E-state index in [9.17, 15) is 9.59 Å². The van der Waals surface area contributed by atoms with Crippen molar-refractivity contribution in [1.82, 2.24) is 15.3 Å². The minimum absolute atomic E-state index is 0.0602. The zero-order chi connectivity index (χ0) is 19.9. The van der Waals surface area contributed by atoms with Gasteiger partial charge in [-0.2, -0.15) is 0 Å². The van der Waals surface area contributed by atoms with Gasteiger partial charge in [0.15, 0.2) is 5.13 Å². The van der Waals surface area contributed by atoms with Gasteiger partial charge in [-0.3, -0.25) is 14.6 Å². The Kier molecular flexibility index (Phi) is 6.49. The molecule has 2 amide bonds. The zero-order valence-corrected chi connectivity index (χ0v) is 16.6. The molecule has 7 heteroatoms. The topological polar surface area (TPSA) is 84.0 Å². The molecule has 3 aromatic rings. The summed E-state index contributed by atoms with van der Waals surface area (Å²) in [6.45, 7) is 3.79. The monoisotopic (exact) mass is 394 g/mol. The summed E-state index contributed by atoms with van der Waals surface area (Å²) < 4.78 is 0. The number of hydrogen-bond donors (Lipinski definition) is 2. The lowest BCUT2D eigenvalue weighted by molar-refractivity contribution is -0.127. The number of nitrogens with one attached hydrogen (secondary N) is 2. The van der Waals surface area contributed by atoms with Gasteiger partial charge in [0.2, 0.25) is 11.8 Å². The Labute approximate surface area is 168 Å². The van der Waals surface area contributed by atoms with Crippen molar-refractivity contribution < 1.29 is 9.59 Å². The van der Waals surface area contributed by atoms with Crippen molar-refractivity contribution in [2.45, 2.75) is 26.3 Å². The fourth-order valence-electron chi connectivity index (χ4n) is 2.69. The number of aromatic nitrogens is 2. The van der Waals surface area contributed by atoms with Crippen LogP contribution in [0, 0.1) is 5.92 Å². The highest BCUT2D eigenvalue weighted by molar-refractivity contribution is 7.14. The zero-order valence-electron chi connectivity index (χ0n) is 15.8. The summed E-state index contributed by atoms with van der Waals surface area (Å²) in [5.74, 6) is -0.526. The molecule has 0 aliphatic heterocycles. The molecule has 2 aromatic heterocycles.